The molecule has 0 saturated carbocycles. The van der Waals surface area contributed by atoms with Crippen LogP contribution in [0.3, 0.4) is 0 Å². The van der Waals surface area contributed by atoms with Crippen molar-refractivity contribution in [3.05, 3.63) is 71.8 Å². The van der Waals surface area contributed by atoms with Crippen LogP contribution in [0.15, 0.2) is 60.7 Å². The molecule has 2 amide bonds. The van der Waals surface area contributed by atoms with E-state index in [-0.39, 0.29) is 11.8 Å². The van der Waals surface area contributed by atoms with Crippen LogP contribution in [0.1, 0.15) is 44.7 Å². The van der Waals surface area contributed by atoms with E-state index in [2.05, 4.69) is 10.6 Å². The Bertz CT molecular complexity index is 700. The zero-order valence-electron chi connectivity index (χ0n) is 16.4. The third-order valence-corrected chi connectivity index (χ3v) is 4.01. The standard InChI is InChI=1S/C22H28N2O3/c1-16(24-21(26)27-22(2,3)4)20(25)23-15-19(17-11-7-5-8-12-17)18-13-9-6-10-14-18/h5-14,16,19H,15H2,1-4H3,(H,23,25)(H,24,26)/t16-/m1/s1. The van der Waals surface area contributed by atoms with Crippen molar-refractivity contribution in [1.29, 1.82) is 0 Å². The molecule has 0 aromatic heterocycles. The lowest BCUT2D eigenvalue weighted by molar-refractivity contribution is -0.122. The zero-order valence-corrected chi connectivity index (χ0v) is 16.4. The van der Waals surface area contributed by atoms with Crippen molar-refractivity contribution in [1.82, 2.24) is 10.6 Å². The monoisotopic (exact) mass is 368 g/mol. The van der Waals surface area contributed by atoms with Crippen molar-refractivity contribution < 1.29 is 14.3 Å². The van der Waals surface area contributed by atoms with E-state index in [0.717, 1.165) is 11.1 Å². The number of hydrogen-bond donors (Lipinski definition) is 2. The molecule has 0 aliphatic heterocycles. The van der Waals surface area contributed by atoms with Crippen LogP contribution in [0.4, 0.5) is 4.79 Å². The highest BCUT2D eigenvalue weighted by Gasteiger charge is 2.22. The average Bonchev–Trinajstić information content (AvgIpc) is 2.62. The number of carbonyl (C=O) groups is 2. The van der Waals surface area contributed by atoms with Gasteiger partial charge in [-0.1, -0.05) is 60.7 Å². The van der Waals surface area contributed by atoms with E-state index in [1.165, 1.54) is 0 Å². The lowest BCUT2D eigenvalue weighted by Crippen LogP contribution is -2.47. The molecule has 0 aliphatic carbocycles. The fraction of sp³-hybridized carbons (Fsp3) is 0.364. The van der Waals surface area contributed by atoms with Crippen molar-refractivity contribution in [3.8, 4) is 0 Å². The van der Waals surface area contributed by atoms with E-state index in [9.17, 15) is 9.59 Å². The van der Waals surface area contributed by atoms with Crippen molar-refractivity contribution in [2.75, 3.05) is 6.54 Å². The van der Waals surface area contributed by atoms with Gasteiger partial charge in [0.1, 0.15) is 11.6 Å². The summed E-state index contributed by atoms with van der Waals surface area (Å²) in [5.74, 6) is -0.220. The first-order valence-corrected chi connectivity index (χ1v) is 9.13. The summed E-state index contributed by atoms with van der Waals surface area (Å²) in [5, 5.41) is 5.50. The van der Waals surface area contributed by atoms with Crippen molar-refractivity contribution >= 4 is 12.0 Å². The molecule has 27 heavy (non-hydrogen) atoms. The largest absolute Gasteiger partial charge is 0.444 e. The minimum absolute atomic E-state index is 0.0325. The number of benzene rings is 2. The average molecular weight is 368 g/mol. The van der Waals surface area contributed by atoms with Crippen LogP contribution in [0, 0.1) is 0 Å². The van der Waals surface area contributed by atoms with Crippen LogP contribution >= 0.6 is 0 Å². The van der Waals surface area contributed by atoms with E-state index in [1.807, 2.05) is 60.7 Å². The molecule has 0 heterocycles. The first-order valence-electron chi connectivity index (χ1n) is 9.13. The number of hydrogen-bond acceptors (Lipinski definition) is 3. The second kappa shape index (κ2) is 9.21. The fourth-order valence-corrected chi connectivity index (χ4v) is 2.70. The predicted octanol–water partition coefficient (Wildman–Crippen LogP) is 3.85. The highest BCUT2D eigenvalue weighted by molar-refractivity contribution is 5.85. The molecule has 0 saturated heterocycles. The molecule has 5 heteroatoms. The minimum atomic E-state index is -0.688. The summed E-state index contributed by atoms with van der Waals surface area (Å²) in [6.07, 6.45) is -0.604. The number of alkyl carbamates (subject to hydrolysis) is 1. The topological polar surface area (TPSA) is 67.4 Å². The van der Waals surface area contributed by atoms with Crippen LogP contribution in [0.2, 0.25) is 0 Å². The smallest absolute Gasteiger partial charge is 0.408 e. The molecule has 2 rings (SSSR count). The van der Waals surface area contributed by atoms with Gasteiger partial charge >= 0.3 is 6.09 Å². The Kier molecular flexibility index (Phi) is 6.99. The quantitative estimate of drug-likeness (QED) is 0.814. The second-order valence-electron chi connectivity index (χ2n) is 7.49. The van der Waals surface area contributed by atoms with Crippen LogP contribution < -0.4 is 10.6 Å². The van der Waals surface area contributed by atoms with Gasteiger partial charge in [0.05, 0.1) is 0 Å². The lowest BCUT2D eigenvalue weighted by atomic mass is 9.91. The van der Waals surface area contributed by atoms with Gasteiger partial charge in [0, 0.05) is 12.5 Å². The third kappa shape index (κ3) is 6.77. The maximum atomic E-state index is 12.4. The molecule has 0 fully saturated rings. The number of amides is 2. The Morgan fingerprint density at radius 1 is 0.926 bits per heavy atom. The first-order chi connectivity index (χ1) is 12.8. The molecule has 144 valence electrons. The molecule has 2 aromatic rings. The van der Waals surface area contributed by atoms with Gasteiger partial charge in [-0.3, -0.25) is 4.79 Å². The molecule has 0 unspecified atom stereocenters. The molecule has 1 atom stereocenters. The van der Waals surface area contributed by atoms with Gasteiger partial charge in [-0.2, -0.15) is 0 Å². The van der Waals surface area contributed by atoms with Gasteiger partial charge in [-0.05, 0) is 38.8 Å². The van der Waals surface area contributed by atoms with E-state index in [0.29, 0.717) is 6.54 Å². The fourth-order valence-electron chi connectivity index (χ4n) is 2.70. The highest BCUT2D eigenvalue weighted by Crippen LogP contribution is 2.23. The number of carbonyl (C=O) groups excluding carboxylic acids is 2. The van der Waals surface area contributed by atoms with E-state index < -0.39 is 17.7 Å². The normalized spacial score (nSPS) is 12.3. The Labute approximate surface area is 161 Å². The Hall–Kier alpha value is -2.82. The Balaban J connectivity index is 2.00. The van der Waals surface area contributed by atoms with Gasteiger partial charge in [-0.15, -0.1) is 0 Å². The number of nitrogens with one attached hydrogen (secondary N) is 2. The van der Waals surface area contributed by atoms with Gasteiger partial charge in [-0.25, -0.2) is 4.79 Å². The lowest BCUT2D eigenvalue weighted by Gasteiger charge is -2.23. The number of ether oxygens (including phenoxy) is 1. The van der Waals surface area contributed by atoms with E-state index >= 15 is 0 Å². The predicted molar refractivity (Wildman–Crippen MR) is 107 cm³/mol. The Morgan fingerprint density at radius 3 is 1.85 bits per heavy atom. The minimum Gasteiger partial charge on any atom is -0.444 e. The second-order valence-corrected chi connectivity index (χ2v) is 7.49. The zero-order chi connectivity index (χ0) is 19.9. The first kappa shape index (κ1) is 20.5. The SMILES string of the molecule is C[C@@H](NC(=O)OC(C)(C)C)C(=O)NCC(c1ccccc1)c1ccccc1. The van der Waals surface area contributed by atoms with Crippen LogP contribution in [-0.4, -0.2) is 30.2 Å². The van der Waals surface area contributed by atoms with Crippen LogP contribution in [-0.2, 0) is 9.53 Å². The van der Waals surface area contributed by atoms with Gasteiger partial charge in [0.2, 0.25) is 5.91 Å². The van der Waals surface area contributed by atoms with E-state index in [4.69, 9.17) is 4.74 Å². The van der Waals surface area contributed by atoms with Gasteiger partial charge < -0.3 is 15.4 Å². The number of rotatable bonds is 6. The van der Waals surface area contributed by atoms with Crippen molar-refractivity contribution in [2.45, 2.75) is 45.3 Å². The molecule has 5 nitrogen and oxygen atoms in total. The molecule has 0 bridgehead atoms. The van der Waals surface area contributed by atoms with Gasteiger partial charge in [0.15, 0.2) is 0 Å². The maximum absolute atomic E-state index is 12.4. The van der Waals surface area contributed by atoms with Gasteiger partial charge in [0.25, 0.3) is 0 Å². The summed E-state index contributed by atoms with van der Waals surface area (Å²) in [6, 6.07) is 19.4. The summed E-state index contributed by atoms with van der Waals surface area (Å²) >= 11 is 0. The summed E-state index contributed by atoms with van der Waals surface area (Å²) in [7, 11) is 0. The van der Waals surface area contributed by atoms with Crippen LogP contribution in [0.5, 0.6) is 0 Å². The summed E-state index contributed by atoms with van der Waals surface area (Å²) < 4.78 is 5.19. The molecule has 0 aliphatic rings. The summed E-state index contributed by atoms with van der Waals surface area (Å²) in [6.45, 7) is 7.41. The Morgan fingerprint density at radius 2 is 1.41 bits per heavy atom. The van der Waals surface area contributed by atoms with Crippen molar-refractivity contribution in [2.24, 2.45) is 0 Å². The van der Waals surface area contributed by atoms with Crippen molar-refractivity contribution in [3.63, 3.8) is 0 Å². The maximum Gasteiger partial charge on any atom is 0.408 e. The molecule has 2 N–H and O–H groups in total. The summed E-state index contributed by atoms with van der Waals surface area (Å²) in [5.41, 5.74) is 1.64. The molecular weight excluding hydrogens is 340 g/mol. The molecule has 2 aromatic carbocycles. The van der Waals surface area contributed by atoms with Crippen LogP contribution in [0.25, 0.3) is 0 Å². The molecule has 0 spiro atoms. The highest BCUT2D eigenvalue weighted by atomic mass is 16.6. The third-order valence-electron chi connectivity index (χ3n) is 4.01. The molecule has 0 radical (unpaired) electrons. The molecular formula is C22H28N2O3. The summed E-state index contributed by atoms with van der Waals surface area (Å²) in [4.78, 5) is 24.3. The van der Waals surface area contributed by atoms with E-state index in [1.54, 1.807) is 27.7 Å².